The number of carbonyl (C=O) groups excluding carboxylic acids is 2. The summed E-state index contributed by atoms with van der Waals surface area (Å²) in [5, 5.41) is 3.25. The number of hydrogen-bond acceptors (Lipinski definition) is 4. The van der Waals surface area contributed by atoms with Gasteiger partial charge in [0.1, 0.15) is 11.8 Å². The molecule has 0 spiro atoms. The van der Waals surface area contributed by atoms with E-state index in [2.05, 4.69) is 10.2 Å². The fraction of sp³-hybridized carbons (Fsp3) is 0.429. The van der Waals surface area contributed by atoms with E-state index in [-0.39, 0.29) is 17.7 Å². The number of piperazine rings is 1. The first-order chi connectivity index (χ1) is 13.5. The van der Waals surface area contributed by atoms with Crippen LogP contribution in [0.5, 0.6) is 0 Å². The minimum atomic E-state index is -0.583. The van der Waals surface area contributed by atoms with Gasteiger partial charge in [0, 0.05) is 26.2 Å². The maximum absolute atomic E-state index is 13.1. The van der Waals surface area contributed by atoms with Crippen LogP contribution in [-0.2, 0) is 11.3 Å². The van der Waals surface area contributed by atoms with Gasteiger partial charge in [-0.15, -0.1) is 0 Å². The highest BCUT2D eigenvalue weighted by atomic mass is 35.5. The maximum atomic E-state index is 13.1. The Labute approximate surface area is 170 Å². The summed E-state index contributed by atoms with van der Waals surface area (Å²) in [6, 6.07) is 10.1. The van der Waals surface area contributed by atoms with Crippen LogP contribution in [0, 0.1) is 5.92 Å². The van der Waals surface area contributed by atoms with Gasteiger partial charge in [-0.1, -0.05) is 37.6 Å². The standard InChI is InChI=1S/C21H26ClN3O3/c1-15(2)19(23-20(26)17-7-3-4-8-18(17)22)21(27)25-11-9-24(10-12-25)14-16-6-5-13-28-16/h3-8,13,15,19H,9-12,14H2,1-2H3,(H,23,26). The van der Waals surface area contributed by atoms with E-state index in [1.165, 1.54) is 0 Å². The lowest BCUT2D eigenvalue weighted by molar-refractivity contribution is -0.136. The van der Waals surface area contributed by atoms with Crippen LogP contribution in [0.2, 0.25) is 5.02 Å². The van der Waals surface area contributed by atoms with Crippen LogP contribution in [0.1, 0.15) is 30.0 Å². The zero-order chi connectivity index (χ0) is 20.1. The summed E-state index contributed by atoms with van der Waals surface area (Å²) < 4.78 is 5.40. The molecule has 0 aliphatic carbocycles. The molecule has 1 fully saturated rings. The van der Waals surface area contributed by atoms with E-state index in [1.807, 2.05) is 30.9 Å². The largest absolute Gasteiger partial charge is 0.468 e. The van der Waals surface area contributed by atoms with Gasteiger partial charge in [0.15, 0.2) is 0 Å². The molecule has 6 nitrogen and oxygen atoms in total. The highest BCUT2D eigenvalue weighted by Crippen LogP contribution is 2.17. The van der Waals surface area contributed by atoms with Crippen LogP contribution in [0.15, 0.2) is 47.1 Å². The number of amides is 2. The number of halogens is 1. The molecule has 2 heterocycles. The molecule has 1 saturated heterocycles. The molecule has 28 heavy (non-hydrogen) atoms. The third-order valence-electron chi connectivity index (χ3n) is 4.98. The van der Waals surface area contributed by atoms with E-state index in [1.54, 1.807) is 30.5 Å². The molecule has 2 aromatic rings. The fourth-order valence-electron chi connectivity index (χ4n) is 3.32. The third kappa shape index (κ3) is 4.94. The first kappa shape index (κ1) is 20.4. The lowest BCUT2D eigenvalue weighted by Gasteiger charge is -2.37. The monoisotopic (exact) mass is 403 g/mol. The van der Waals surface area contributed by atoms with Crippen LogP contribution < -0.4 is 5.32 Å². The number of hydrogen-bond donors (Lipinski definition) is 1. The summed E-state index contributed by atoms with van der Waals surface area (Å²) in [5.74, 6) is 0.522. The van der Waals surface area contributed by atoms with Crippen molar-refractivity contribution in [1.82, 2.24) is 15.1 Å². The minimum absolute atomic E-state index is 0.0277. The molecule has 1 aliphatic rings. The Hall–Kier alpha value is -2.31. The van der Waals surface area contributed by atoms with Crippen molar-refractivity contribution in [2.45, 2.75) is 26.4 Å². The fourth-order valence-corrected chi connectivity index (χ4v) is 3.55. The summed E-state index contributed by atoms with van der Waals surface area (Å²) in [6.45, 7) is 7.41. The van der Waals surface area contributed by atoms with Crippen molar-refractivity contribution < 1.29 is 14.0 Å². The van der Waals surface area contributed by atoms with Gasteiger partial charge in [-0.25, -0.2) is 0 Å². The Bertz CT molecular complexity index is 799. The SMILES string of the molecule is CC(C)C(NC(=O)c1ccccc1Cl)C(=O)N1CCN(Cc2ccco2)CC1. The van der Waals surface area contributed by atoms with E-state index >= 15 is 0 Å². The molecule has 7 heteroatoms. The van der Waals surface area contributed by atoms with Gasteiger partial charge in [0.25, 0.3) is 5.91 Å². The third-order valence-corrected chi connectivity index (χ3v) is 5.31. The minimum Gasteiger partial charge on any atom is -0.468 e. The summed E-state index contributed by atoms with van der Waals surface area (Å²) in [4.78, 5) is 29.8. The lowest BCUT2D eigenvalue weighted by atomic mass is 10.0. The van der Waals surface area contributed by atoms with Gasteiger partial charge in [0.2, 0.25) is 5.91 Å². The Morgan fingerprint density at radius 2 is 1.82 bits per heavy atom. The van der Waals surface area contributed by atoms with Crippen molar-refractivity contribution in [2.75, 3.05) is 26.2 Å². The molecule has 1 atom stereocenters. The molecule has 2 amide bonds. The zero-order valence-corrected chi connectivity index (χ0v) is 17.0. The summed E-state index contributed by atoms with van der Waals surface area (Å²) in [5.41, 5.74) is 0.380. The zero-order valence-electron chi connectivity index (χ0n) is 16.2. The van der Waals surface area contributed by atoms with E-state index < -0.39 is 6.04 Å². The number of rotatable bonds is 6. The molecule has 1 aromatic heterocycles. The average molecular weight is 404 g/mol. The van der Waals surface area contributed by atoms with E-state index in [4.69, 9.17) is 16.0 Å². The highest BCUT2D eigenvalue weighted by Gasteiger charge is 2.31. The molecular formula is C21H26ClN3O3. The van der Waals surface area contributed by atoms with Crippen molar-refractivity contribution >= 4 is 23.4 Å². The number of furan rings is 1. The van der Waals surface area contributed by atoms with Gasteiger partial charge in [-0.05, 0) is 30.2 Å². The molecule has 1 aromatic carbocycles. The first-order valence-corrected chi connectivity index (χ1v) is 9.92. The van der Waals surface area contributed by atoms with Gasteiger partial charge in [-0.2, -0.15) is 0 Å². The second-order valence-electron chi connectivity index (χ2n) is 7.36. The molecule has 150 valence electrons. The Morgan fingerprint density at radius 1 is 1.11 bits per heavy atom. The molecule has 0 radical (unpaired) electrons. The quantitative estimate of drug-likeness (QED) is 0.805. The van der Waals surface area contributed by atoms with Crippen LogP contribution in [0.25, 0.3) is 0 Å². The smallest absolute Gasteiger partial charge is 0.253 e. The van der Waals surface area contributed by atoms with Crippen LogP contribution in [0.3, 0.4) is 0 Å². The molecule has 3 rings (SSSR count). The highest BCUT2D eigenvalue weighted by molar-refractivity contribution is 6.33. The van der Waals surface area contributed by atoms with Gasteiger partial charge in [0.05, 0.1) is 23.4 Å². The van der Waals surface area contributed by atoms with Gasteiger partial charge >= 0.3 is 0 Å². The Morgan fingerprint density at radius 3 is 2.43 bits per heavy atom. The first-order valence-electron chi connectivity index (χ1n) is 9.54. The Balaban J connectivity index is 1.59. The summed E-state index contributed by atoms with van der Waals surface area (Å²) in [6.07, 6.45) is 1.67. The van der Waals surface area contributed by atoms with Gasteiger partial charge in [-0.3, -0.25) is 14.5 Å². The van der Waals surface area contributed by atoms with Gasteiger partial charge < -0.3 is 14.6 Å². The maximum Gasteiger partial charge on any atom is 0.253 e. The molecule has 1 unspecified atom stereocenters. The second kappa shape index (κ2) is 9.26. The van der Waals surface area contributed by atoms with Crippen LogP contribution in [0.4, 0.5) is 0 Å². The molecule has 0 saturated carbocycles. The normalized spacial score (nSPS) is 16.2. The van der Waals surface area contributed by atoms with Crippen LogP contribution in [-0.4, -0.2) is 53.8 Å². The van der Waals surface area contributed by atoms with E-state index in [0.29, 0.717) is 23.7 Å². The van der Waals surface area contributed by atoms with Crippen molar-refractivity contribution in [3.05, 3.63) is 59.0 Å². The average Bonchev–Trinajstić information content (AvgIpc) is 3.19. The molecular weight excluding hydrogens is 378 g/mol. The van der Waals surface area contributed by atoms with E-state index in [0.717, 1.165) is 25.4 Å². The van der Waals surface area contributed by atoms with Crippen molar-refractivity contribution in [2.24, 2.45) is 5.92 Å². The number of nitrogens with one attached hydrogen (secondary N) is 1. The Kier molecular flexibility index (Phi) is 6.75. The molecule has 0 bridgehead atoms. The number of nitrogens with zero attached hydrogens (tertiary/aromatic N) is 2. The van der Waals surface area contributed by atoms with E-state index in [9.17, 15) is 9.59 Å². The summed E-state index contributed by atoms with van der Waals surface area (Å²) >= 11 is 6.12. The predicted molar refractivity (Wildman–Crippen MR) is 108 cm³/mol. The number of carbonyl (C=O) groups is 2. The second-order valence-corrected chi connectivity index (χ2v) is 7.76. The lowest BCUT2D eigenvalue weighted by Crippen LogP contribution is -2.56. The van der Waals surface area contributed by atoms with Crippen molar-refractivity contribution in [3.63, 3.8) is 0 Å². The topological polar surface area (TPSA) is 65.8 Å². The van der Waals surface area contributed by atoms with Crippen molar-refractivity contribution in [1.29, 1.82) is 0 Å². The molecule has 1 N–H and O–H groups in total. The number of benzene rings is 1. The summed E-state index contributed by atoms with van der Waals surface area (Å²) in [7, 11) is 0. The van der Waals surface area contributed by atoms with Crippen molar-refractivity contribution in [3.8, 4) is 0 Å². The predicted octanol–water partition coefficient (Wildman–Crippen LogP) is 3.03. The van der Waals surface area contributed by atoms with Crippen LogP contribution >= 0.6 is 11.6 Å². The molecule has 1 aliphatic heterocycles.